The molecule has 2 atom stereocenters. The normalized spacial score (nSPS) is 20.0. The van der Waals surface area contributed by atoms with Gasteiger partial charge >= 0.3 is 0 Å². The van der Waals surface area contributed by atoms with E-state index < -0.39 is 10.0 Å². The molecule has 8 heteroatoms. The number of hydrogen-bond acceptors (Lipinski definition) is 5. The minimum absolute atomic E-state index is 0.149. The SMILES string of the molecule is C[C@@H]1CN(S(=O)(=O)c2ccc(C(=O)Nc3ccc(CC#N)cc3)cc2)C[C@@H](C)O1. The average Bonchev–Trinajstić information content (AvgIpc) is 2.69. The number of sulfonamides is 1. The van der Waals surface area contributed by atoms with Gasteiger partial charge in [0.1, 0.15) is 0 Å². The third-order valence-electron chi connectivity index (χ3n) is 4.64. The van der Waals surface area contributed by atoms with Crippen LogP contribution in [0.1, 0.15) is 29.8 Å². The van der Waals surface area contributed by atoms with Crippen molar-refractivity contribution < 1.29 is 17.9 Å². The Morgan fingerprint density at radius 1 is 1.10 bits per heavy atom. The van der Waals surface area contributed by atoms with Crippen molar-refractivity contribution in [3.05, 3.63) is 59.7 Å². The Labute approximate surface area is 171 Å². The first-order valence-electron chi connectivity index (χ1n) is 9.32. The average molecular weight is 413 g/mol. The Kier molecular flexibility index (Phi) is 6.33. The second-order valence-corrected chi connectivity index (χ2v) is 9.03. The van der Waals surface area contributed by atoms with E-state index in [9.17, 15) is 13.2 Å². The lowest BCUT2D eigenvalue weighted by molar-refractivity contribution is -0.0440. The van der Waals surface area contributed by atoms with Crippen molar-refractivity contribution in [1.29, 1.82) is 5.26 Å². The first-order valence-corrected chi connectivity index (χ1v) is 10.8. The van der Waals surface area contributed by atoms with Crippen LogP contribution >= 0.6 is 0 Å². The van der Waals surface area contributed by atoms with E-state index in [0.717, 1.165) is 5.56 Å². The molecule has 0 spiro atoms. The Bertz CT molecular complexity index is 1000. The lowest BCUT2D eigenvalue weighted by Gasteiger charge is -2.34. The highest BCUT2D eigenvalue weighted by molar-refractivity contribution is 7.89. The molecular formula is C21H23N3O4S. The van der Waals surface area contributed by atoms with Crippen LogP contribution in [-0.4, -0.2) is 43.9 Å². The third-order valence-corrected chi connectivity index (χ3v) is 6.48. The summed E-state index contributed by atoms with van der Waals surface area (Å²) in [6.45, 7) is 4.30. The minimum Gasteiger partial charge on any atom is -0.373 e. The molecule has 2 aromatic rings. The molecule has 1 aliphatic rings. The Morgan fingerprint density at radius 3 is 2.24 bits per heavy atom. The van der Waals surface area contributed by atoms with Gasteiger partial charge in [0.25, 0.3) is 5.91 Å². The Hall–Kier alpha value is -2.73. The standard InChI is InChI=1S/C21H23N3O4S/c1-15-13-24(14-16(2)28-15)29(26,27)20-9-5-18(6-10-20)21(25)23-19-7-3-17(4-8-19)11-12-22/h3-10,15-16H,11,13-14H2,1-2H3,(H,23,25)/t15-,16-/m1/s1. The van der Waals surface area contributed by atoms with Crippen molar-refractivity contribution in [3.63, 3.8) is 0 Å². The zero-order chi connectivity index (χ0) is 21.0. The first-order chi connectivity index (χ1) is 13.8. The summed E-state index contributed by atoms with van der Waals surface area (Å²) in [7, 11) is -3.64. The summed E-state index contributed by atoms with van der Waals surface area (Å²) >= 11 is 0. The Morgan fingerprint density at radius 2 is 1.69 bits per heavy atom. The van der Waals surface area contributed by atoms with E-state index in [1.807, 2.05) is 13.8 Å². The van der Waals surface area contributed by atoms with Crippen LogP contribution in [0.2, 0.25) is 0 Å². The van der Waals surface area contributed by atoms with Gasteiger partial charge in [0.2, 0.25) is 10.0 Å². The maximum absolute atomic E-state index is 12.9. The minimum atomic E-state index is -3.64. The van der Waals surface area contributed by atoms with Gasteiger partial charge in [0, 0.05) is 24.3 Å². The molecule has 29 heavy (non-hydrogen) atoms. The van der Waals surface area contributed by atoms with Crippen LogP contribution in [0.3, 0.4) is 0 Å². The maximum atomic E-state index is 12.9. The van der Waals surface area contributed by atoms with Crippen LogP contribution in [0.25, 0.3) is 0 Å². The topological polar surface area (TPSA) is 99.5 Å². The molecule has 0 radical (unpaired) electrons. The second-order valence-electron chi connectivity index (χ2n) is 7.09. The molecule has 0 saturated carbocycles. The van der Waals surface area contributed by atoms with Gasteiger partial charge in [-0.05, 0) is 55.8 Å². The van der Waals surface area contributed by atoms with E-state index in [1.165, 1.54) is 28.6 Å². The molecule has 1 amide bonds. The molecule has 7 nitrogen and oxygen atoms in total. The van der Waals surface area contributed by atoms with Crippen LogP contribution in [-0.2, 0) is 21.2 Å². The van der Waals surface area contributed by atoms with Crippen molar-refractivity contribution in [3.8, 4) is 6.07 Å². The van der Waals surface area contributed by atoms with E-state index in [0.29, 0.717) is 30.8 Å². The molecule has 3 rings (SSSR count). The van der Waals surface area contributed by atoms with Crippen molar-refractivity contribution in [2.24, 2.45) is 0 Å². The van der Waals surface area contributed by atoms with Crippen LogP contribution in [0.4, 0.5) is 5.69 Å². The van der Waals surface area contributed by atoms with E-state index in [2.05, 4.69) is 11.4 Å². The number of carbonyl (C=O) groups is 1. The van der Waals surface area contributed by atoms with E-state index >= 15 is 0 Å². The highest BCUT2D eigenvalue weighted by atomic mass is 32.2. The summed E-state index contributed by atoms with van der Waals surface area (Å²) in [4.78, 5) is 12.6. The molecule has 2 aromatic carbocycles. The number of nitriles is 1. The largest absolute Gasteiger partial charge is 0.373 e. The van der Waals surface area contributed by atoms with E-state index in [-0.39, 0.29) is 23.0 Å². The van der Waals surface area contributed by atoms with E-state index in [1.54, 1.807) is 24.3 Å². The van der Waals surface area contributed by atoms with Crippen LogP contribution in [0, 0.1) is 11.3 Å². The van der Waals surface area contributed by atoms with Crippen molar-refractivity contribution >= 4 is 21.6 Å². The number of morpholine rings is 1. The molecular weight excluding hydrogens is 390 g/mol. The van der Waals surface area contributed by atoms with Gasteiger partial charge in [-0.25, -0.2) is 8.42 Å². The number of rotatable bonds is 5. The summed E-state index contributed by atoms with van der Waals surface area (Å²) < 4.78 is 32.8. The predicted octanol–water partition coefficient (Wildman–Crippen LogP) is 2.80. The molecule has 0 bridgehead atoms. The molecule has 1 aliphatic heterocycles. The molecule has 1 fully saturated rings. The van der Waals surface area contributed by atoms with Gasteiger partial charge in [-0.15, -0.1) is 0 Å². The number of amides is 1. The van der Waals surface area contributed by atoms with Gasteiger partial charge in [0.15, 0.2) is 0 Å². The molecule has 1 heterocycles. The van der Waals surface area contributed by atoms with Crippen LogP contribution in [0.15, 0.2) is 53.4 Å². The molecule has 1 saturated heterocycles. The number of anilines is 1. The monoisotopic (exact) mass is 413 g/mol. The van der Waals surface area contributed by atoms with Crippen molar-refractivity contribution in [1.82, 2.24) is 4.31 Å². The fourth-order valence-electron chi connectivity index (χ4n) is 3.25. The van der Waals surface area contributed by atoms with E-state index in [4.69, 9.17) is 10.00 Å². The van der Waals surface area contributed by atoms with Crippen LogP contribution in [0.5, 0.6) is 0 Å². The summed E-state index contributed by atoms with van der Waals surface area (Å²) in [5.74, 6) is -0.337. The van der Waals surface area contributed by atoms with Gasteiger partial charge in [-0.1, -0.05) is 12.1 Å². The van der Waals surface area contributed by atoms with Gasteiger partial charge < -0.3 is 10.1 Å². The van der Waals surface area contributed by atoms with Crippen molar-refractivity contribution in [2.75, 3.05) is 18.4 Å². The van der Waals surface area contributed by atoms with Crippen molar-refractivity contribution in [2.45, 2.75) is 37.4 Å². The molecule has 1 N–H and O–H groups in total. The molecule has 0 aromatic heterocycles. The fraction of sp³-hybridized carbons (Fsp3) is 0.333. The van der Waals surface area contributed by atoms with Gasteiger partial charge in [-0.3, -0.25) is 4.79 Å². The first kappa shape index (κ1) is 21.0. The second kappa shape index (κ2) is 8.74. The quantitative estimate of drug-likeness (QED) is 0.813. The fourth-order valence-corrected chi connectivity index (χ4v) is 4.85. The highest BCUT2D eigenvalue weighted by Gasteiger charge is 2.32. The number of nitrogens with one attached hydrogen (secondary N) is 1. The highest BCUT2D eigenvalue weighted by Crippen LogP contribution is 2.22. The molecule has 152 valence electrons. The lowest BCUT2D eigenvalue weighted by atomic mass is 10.1. The molecule has 0 unspecified atom stereocenters. The third kappa shape index (κ3) is 5.01. The smallest absolute Gasteiger partial charge is 0.255 e. The maximum Gasteiger partial charge on any atom is 0.255 e. The Balaban J connectivity index is 1.70. The van der Waals surface area contributed by atoms with Crippen LogP contribution < -0.4 is 5.32 Å². The number of benzene rings is 2. The zero-order valence-electron chi connectivity index (χ0n) is 16.3. The molecule has 0 aliphatic carbocycles. The summed E-state index contributed by atoms with van der Waals surface area (Å²) in [5.41, 5.74) is 1.82. The lowest BCUT2D eigenvalue weighted by Crippen LogP contribution is -2.48. The summed E-state index contributed by atoms with van der Waals surface area (Å²) in [6, 6.07) is 15.0. The number of nitrogens with zero attached hydrogens (tertiary/aromatic N) is 2. The predicted molar refractivity (Wildman–Crippen MR) is 109 cm³/mol. The number of ether oxygens (including phenoxy) is 1. The van der Waals surface area contributed by atoms with Gasteiger partial charge in [-0.2, -0.15) is 9.57 Å². The summed E-state index contributed by atoms with van der Waals surface area (Å²) in [5, 5.41) is 11.5. The summed E-state index contributed by atoms with van der Waals surface area (Å²) in [6.07, 6.45) is -0.0264. The number of carbonyl (C=O) groups excluding carboxylic acids is 1. The zero-order valence-corrected chi connectivity index (χ0v) is 17.1. The number of hydrogen-bond donors (Lipinski definition) is 1. The van der Waals surface area contributed by atoms with Gasteiger partial charge in [0.05, 0.1) is 29.6 Å².